The maximum atomic E-state index is 11.9. The van der Waals surface area contributed by atoms with Gasteiger partial charge in [-0.25, -0.2) is 13.6 Å². The van der Waals surface area contributed by atoms with Crippen molar-refractivity contribution in [3.8, 4) is 5.75 Å². The van der Waals surface area contributed by atoms with Crippen LogP contribution in [0, 0.1) is 0 Å². The first-order valence-corrected chi connectivity index (χ1v) is 12.4. The number of hydrogen-bond acceptors (Lipinski definition) is 9. The normalized spacial score (nSPS) is 13.1. The number of benzene rings is 3. The first-order valence-electron chi connectivity index (χ1n) is 7.97. The zero-order valence-electron chi connectivity index (χ0n) is 15.1. The number of nitrogens with zero attached hydrogens (tertiary/aromatic N) is 2. The van der Waals surface area contributed by atoms with E-state index < -0.39 is 51.5 Å². The lowest BCUT2D eigenvalue weighted by molar-refractivity contribution is 0.477. The predicted molar refractivity (Wildman–Crippen MR) is 107 cm³/mol. The number of nitrogens with two attached hydrogens (primary N) is 1. The van der Waals surface area contributed by atoms with Crippen LogP contribution >= 0.6 is 0 Å². The summed E-state index contributed by atoms with van der Waals surface area (Å²) in [6, 6.07) is 8.42. The fourth-order valence-electron chi connectivity index (χ4n) is 2.64. The average Bonchev–Trinajstić information content (AvgIpc) is 2.64. The zero-order valence-corrected chi connectivity index (χ0v) is 17.6. The molecule has 164 valence electrons. The molecule has 0 aliphatic heterocycles. The molecular weight excluding hydrogens is 474 g/mol. The van der Waals surface area contributed by atoms with Crippen molar-refractivity contribution in [3.05, 3.63) is 48.5 Å². The summed E-state index contributed by atoms with van der Waals surface area (Å²) >= 11 is 0. The predicted octanol–water partition coefficient (Wildman–Crippen LogP) is 2.10. The van der Waals surface area contributed by atoms with Crippen molar-refractivity contribution in [2.75, 3.05) is 0 Å². The van der Waals surface area contributed by atoms with Gasteiger partial charge in [0, 0.05) is 5.39 Å². The molecule has 0 atom stereocenters. The molecule has 3 rings (SSSR count). The highest BCUT2D eigenvalue weighted by Crippen LogP contribution is 2.40. The lowest BCUT2D eigenvalue weighted by Crippen LogP contribution is -2.11. The monoisotopic (exact) mass is 487 g/mol. The van der Waals surface area contributed by atoms with Gasteiger partial charge in [0.1, 0.15) is 16.3 Å². The SMILES string of the molecule is NS(=O)(=O)c1ccc(N=Nc2c(O)ccc3cc(S(=O)(=O)O)cc(S(=O)(=O)O)c23)cc1. The van der Waals surface area contributed by atoms with Crippen LogP contribution in [0.3, 0.4) is 0 Å². The maximum absolute atomic E-state index is 11.9. The Morgan fingerprint density at radius 3 is 1.87 bits per heavy atom. The minimum absolute atomic E-state index is 0.0981. The molecule has 0 fully saturated rings. The van der Waals surface area contributed by atoms with E-state index in [2.05, 4.69) is 10.2 Å². The van der Waals surface area contributed by atoms with E-state index >= 15 is 0 Å². The Morgan fingerprint density at radius 2 is 1.35 bits per heavy atom. The van der Waals surface area contributed by atoms with E-state index in [1.165, 1.54) is 12.1 Å². The second-order valence-corrected chi connectivity index (χ2v) is 10.5. The molecule has 0 radical (unpaired) electrons. The summed E-state index contributed by atoms with van der Waals surface area (Å²) in [5.41, 5.74) is -0.325. The standard InChI is InChI=1S/C16H13N3O9S3/c17-29(21,22)11-4-2-10(3-5-11)18-19-16-13(20)6-1-9-7-12(30(23,24)25)8-14(15(9)16)31(26,27)28/h1-8,20H,(H2,17,21,22)(H,23,24,25)(H,26,27,28). The van der Waals surface area contributed by atoms with Crippen LogP contribution in [0.5, 0.6) is 5.75 Å². The van der Waals surface area contributed by atoms with Crippen LogP contribution in [0.1, 0.15) is 0 Å². The van der Waals surface area contributed by atoms with Crippen molar-refractivity contribution in [2.24, 2.45) is 15.4 Å². The molecule has 0 heterocycles. The van der Waals surface area contributed by atoms with Gasteiger partial charge in [0.05, 0.1) is 15.5 Å². The van der Waals surface area contributed by atoms with Crippen molar-refractivity contribution in [2.45, 2.75) is 14.7 Å². The van der Waals surface area contributed by atoms with Crippen LogP contribution in [-0.2, 0) is 30.3 Å². The Kier molecular flexibility index (Phi) is 5.59. The number of hydrogen-bond donors (Lipinski definition) is 4. The van der Waals surface area contributed by atoms with Crippen molar-refractivity contribution < 1.29 is 39.5 Å². The Morgan fingerprint density at radius 1 is 0.742 bits per heavy atom. The van der Waals surface area contributed by atoms with Crippen LogP contribution in [-0.4, -0.2) is 39.5 Å². The van der Waals surface area contributed by atoms with Crippen molar-refractivity contribution in [1.29, 1.82) is 0 Å². The van der Waals surface area contributed by atoms with Crippen LogP contribution < -0.4 is 5.14 Å². The molecule has 0 spiro atoms. The van der Waals surface area contributed by atoms with Gasteiger partial charge in [0.25, 0.3) is 20.2 Å². The fourth-order valence-corrected chi connectivity index (χ4v) is 4.52. The van der Waals surface area contributed by atoms with E-state index in [0.29, 0.717) is 6.07 Å². The summed E-state index contributed by atoms with van der Waals surface area (Å²) in [5.74, 6) is -0.554. The summed E-state index contributed by atoms with van der Waals surface area (Å²) in [6.45, 7) is 0. The summed E-state index contributed by atoms with van der Waals surface area (Å²) in [4.78, 5) is -1.93. The molecule has 5 N–H and O–H groups in total. The quantitative estimate of drug-likeness (QED) is 0.306. The number of aromatic hydroxyl groups is 1. The van der Waals surface area contributed by atoms with Crippen LogP contribution in [0.15, 0.2) is 73.4 Å². The van der Waals surface area contributed by atoms with Crippen LogP contribution in [0.2, 0.25) is 0 Å². The number of azo groups is 1. The second-order valence-electron chi connectivity index (χ2n) is 6.14. The molecule has 3 aromatic carbocycles. The first kappa shape index (κ1) is 22.7. The highest BCUT2D eigenvalue weighted by Gasteiger charge is 2.24. The summed E-state index contributed by atoms with van der Waals surface area (Å²) in [6.07, 6.45) is 0. The van der Waals surface area contributed by atoms with E-state index in [1.807, 2.05) is 0 Å². The van der Waals surface area contributed by atoms with Crippen LogP contribution in [0.25, 0.3) is 10.8 Å². The first-order chi connectivity index (χ1) is 14.2. The van der Waals surface area contributed by atoms with Crippen molar-refractivity contribution in [3.63, 3.8) is 0 Å². The lowest BCUT2D eigenvalue weighted by Gasteiger charge is -2.10. The van der Waals surface area contributed by atoms with Gasteiger partial charge >= 0.3 is 0 Å². The Balaban J connectivity index is 2.25. The van der Waals surface area contributed by atoms with Crippen molar-refractivity contribution >= 4 is 52.4 Å². The molecule has 0 saturated heterocycles. The molecule has 0 unspecified atom stereocenters. The van der Waals surface area contributed by atoms with E-state index in [4.69, 9.17) is 5.14 Å². The van der Waals surface area contributed by atoms with E-state index in [9.17, 15) is 39.5 Å². The molecule has 0 aromatic heterocycles. The third-order valence-corrected chi connectivity index (χ3v) is 6.65. The molecular formula is C16H13N3O9S3. The molecule has 3 aromatic rings. The maximum Gasteiger partial charge on any atom is 0.295 e. The van der Waals surface area contributed by atoms with Gasteiger partial charge in [-0.15, -0.1) is 5.11 Å². The number of fused-ring (bicyclic) bond motifs is 1. The van der Waals surface area contributed by atoms with Gasteiger partial charge in [0.2, 0.25) is 10.0 Å². The number of phenolic OH excluding ortho intramolecular Hbond substituents is 1. The van der Waals surface area contributed by atoms with Gasteiger partial charge < -0.3 is 5.11 Å². The molecule has 0 aliphatic carbocycles. The summed E-state index contributed by atoms with van der Waals surface area (Å²) in [5, 5.41) is 22.3. The Hall–Kier alpha value is -2.95. The van der Waals surface area contributed by atoms with Gasteiger partial charge in [0.15, 0.2) is 0 Å². The summed E-state index contributed by atoms with van der Waals surface area (Å²) in [7, 11) is -13.8. The minimum atomic E-state index is -5.03. The number of rotatable bonds is 5. The topological polar surface area (TPSA) is 214 Å². The number of primary sulfonamides is 1. The average molecular weight is 487 g/mol. The highest BCUT2D eigenvalue weighted by atomic mass is 32.2. The van der Waals surface area contributed by atoms with Gasteiger partial charge in [-0.1, -0.05) is 6.07 Å². The van der Waals surface area contributed by atoms with Gasteiger partial charge in [-0.3, -0.25) is 9.11 Å². The number of sulfonamides is 1. The second kappa shape index (κ2) is 7.63. The molecule has 0 amide bonds. The Labute approximate surface area is 176 Å². The van der Waals surface area contributed by atoms with E-state index in [-0.39, 0.29) is 21.4 Å². The van der Waals surface area contributed by atoms with Gasteiger partial charge in [-0.05, 0) is 47.9 Å². The fraction of sp³-hybridized carbons (Fsp3) is 0. The van der Waals surface area contributed by atoms with E-state index in [0.717, 1.165) is 30.3 Å². The molecule has 0 aliphatic rings. The van der Waals surface area contributed by atoms with E-state index in [1.54, 1.807) is 0 Å². The minimum Gasteiger partial charge on any atom is -0.506 e. The molecule has 0 saturated carbocycles. The largest absolute Gasteiger partial charge is 0.506 e. The molecule has 31 heavy (non-hydrogen) atoms. The highest BCUT2D eigenvalue weighted by molar-refractivity contribution is 7.89. The number of phenols is 1. The van der Waals surface area contributed by atoms with Crippen molar-refractivity contribution in [1.82, 2.24) is 0 Å². The molecule has 15 heteroatoms. The van der Waals surface area contributed by atoms with Gasteiger partial charge in [-0.2, -0.15) is 21.9 Å². The zero-order chi connectivity index (χ0) is 23.2. The summed E-state index contributed by atoms with van der Waals surface area (Å²) < 4.78 is 88.0. The van der Waals surface area contributed by atoms with Crippen LogP contribution in [0.4, 0.5) is 11.4 Å². The smallest absolute Gasteiger partial charge is 0.295 e. The third-order valence-electron chi connectivity index (χ3n) is 4.01. The molecule has 0 bridgehead atoms. The Bertz CT molecular complexity index is 1550. The third kappa shape index (κ3) is 4.87. The molecule has 12 nitrogen and oxygen atoms in total. The lowest BCUT2D eigenvalue weighted by atomic mass is 10.1.